The molecule has 1 atom stereocenters. The summed E-state index contributed by atoms with van der Waals surface area (Å²) in [5.74, 6) is 0.462. The third-order valence-corrected chi connectivity index (χ3v) is 4.50. The summed E-state index contributed by atoms with van der Waals surface area (Å²) in [7, 11) is 0. The molecule has 1 unspecified atom stereocenters. The van der Waals surface area contributed by atoms with Crippen LogP contribution in [0.25, 0.3) is 0 Å². The third kappa shape index (κ3) is 4.66. The van der Waals surface area contributed by atoms with Crippen LogP contribution in [-0.2, 0) is 9.59 Å². The van der Waals surface area contributed by atoms with Gasteiger partial charge in [0.25, 0.3) is 0 Å². The van der Waals surface area contributed by atoms with Crippen LogP contribution in [-0.4, -0.2) is 42.1 Å². The summed E-state index contributed by atoms with van der Waals surface area (Å²) in [6, 6.07) is 6.99. The van der Waals surface area contributed by atoms with E-state index in [-0.39, 0.29) is 17.6 Å². The van der Waals surface area contributed by atoms with Crippen LogP contribution in [0.4, 0.5) is 5.69 Å². The number of anilines is 1. The molecule has 1 heterocycles. The molecule has 0 radical (unpaired) electrons. The second-order valence-corrected chi connectivity index (χ2v) is 6.61. The molecule has 5 nitrogen and oxygen atoms in total. The monoisotopic (exact) mass is 330 g/mol. The number of Topliss-reactive ketones (excluding diaryl/α,β-unsaturated/α-hetero) is 1. The molecule has 2 rings (SSSR count). The maximum atomic E-state index is 12.4. The Bertz CT molecular complexity index is 627. The number of nitrogens with zero attached hydrogens (tertiary/aromatic N) is 2. The van der Waals surface area contributed by atoms with Crippen LogP contribution < -0.4 is 4.90 Å². The summed E-state index contributed by atoms with van der Waals surface area (Å²) in [6.07, 6.45) is 2.52. The molecule has 24 heavy (non-hydrogen) atoms. The molecule has 2 amide bonds. The van der Waals surface area contributed by atoms with Crippen molar-refractivity contribution < 1.29 is 14.4 Å². The number of carbonyl (C=O) groups is 3. The molecule has 0 N–H and O–H groups in total. The van der Waals surface area contributed by atoms with Gasteiger partial charge in [0, 0.05) is 44.2 Å². The maximum absolute atomic E-state index is 12.4. The van der Waals surface area contributed by atoms with E-state index in [4.69, 9.17) is 0 Å². The highest BCUT2D eigenvalue weighted by Crippen LogP contribution is 2.19. The van der Waals surface area contributed by atoms with E-state index in [1.54, 1.807) is 29.2 Å². The van der Waals surface area contributed by atoms with Crippen LogP contribution >= 0.6 is 0 Å². The van der Waals surface area contributed by atoms with Gasteiger partial charge >= 0.3 is 0 Å². The zero-order chi connectivity index (χ0) is 17.7. The topological polar surface area (TPSA) is 57.7 Å². The van der Waals surface area contributed by atoms with E-state index in [9.17, 15) is 14.4 Å². The molecule has 130 valence electrons. The lowest BCUT2D eigenvalue weighted by Gasteiger charge is -2.31. The van der Waals surface area contributed by atoms with Crippen LogP contribution in [0.2, 0.25) is 0 Å². The number of hydrogen-bond acceptors (Lipinski definition) is 3. The Morgan fingerprint density at radius 1 is 1.25 bits per heavy atom. The first-order valence-corrected chi connectivity index (χ1v) is 8.55. The van der Waals surface area contributed by atoms with Gasteiger partial charge in [-0.2, -0.15) is 0 Å². The molecule has 0 saturated carbocycles. The molecular formula is C19H26N2O3. The minimum Gasteiger partial charge on any atom is -0.342 e. The number of likely N-dealkylation sites (tertiary alicyclic amines) is 1. The molecule has 1 aromatic rings. The third-order valence-electron chi connectivity index (χ3n) is 4.50. The van der Waals surface area contributed by atoms with Crippen molar-refractivity contribution in [3.05, 3.63) is 29.8 Å². The summed E-state index contributed by atoms with van der Waals surface area (Å²) < 4.78 is 0. The first-order chi connectivity index (χ1) is 11.4. The largest absolute Gasteiger partial charge is 0.342 e. The van der Waals surface area contributed by atoms with Crippen LogP contribution in [0.1, 0.15) is 50.4 Å². The van der Waals surface area contributed by atoms with E-state index in [1.807, 2.05) is 4.90 Å². The minimum atomic E-state index is -0.129. The van der Waals surface area contributed by atoms with E-state index in [1.165, 1.54) is 20.3 Å². The fourth-order valence-corrected chi connectivity index (χ4v) is 3.14. The van der Waals surface area contributed by atoms with Gasteiger partial charge in [0.2, 0.25) is 11.8 Å². The van der Waals surface area contributed by atoms with Gasteiger partial charge in [0.15, 0.2) is 5.78 Å². The highest BCUT2D eigenvalue weighted by Gasteiger charge is 2.22. The molecular weight excluding hydrogens is 304 g/mol. The molecule has 1 aromatic carbocycles. The standard InChI is InChI=1S/C19H26N2O3/c1-14-6-5-10-20(13-14)19(24)9-11-21(16(3)23)18-8-4-7-17(12-18)15(2)22/h4,7-8,12,14H,5-6,9-11,13H2,1-3H3. The summed E-state index contributed by atoms with van der Waals surface area (Å²) >= 11 is 0. The second-order valence-electron chi connectivity index (χ2n) is 6.61. The van der Waals surface area contributed by atoms with Gasteiger partial charge in [-0.05, 0) is 37.8 Å². The Labute approximate surface area is 143 Å². The Morgan fingerprint density at radius 3 is 2.62 bits per heavy atom. The van der Waals surface area contributed by atoms with Gasteiger partial charge in [-0.15, -0.1) is 0 Å². The molecule has 5 heteroatoms. The second kappa shape index (κ2) is 8.08. The zero-order valence-electron chi connectivity index (χ0n) is 14.7. The van der Waals surface area contributed by atoms with Gasteiger partial charge in [-0.3, -0.25) is 14.4 Å². The van der Waals surface area contributed by atoms with Crippen molar-refractivity contribution in [2.24, 2.45) is 5.92 Å². The molecule has 1 aliphatic heterocycles. The number of ketones is 1. The summed E-state index contributed by atoms with van der Waals surface area (Å²) in [5.41, 5.74) is 1.23. The fourth-order valence-electron chi connectivity index (χ4n) is 3.14. The average molecular weight is 330 g/mol. The zero-order valence-corrected chi connectivity index (χ0v) is 14.7. The maximum Gasteiger partial charge on any atom is 0.224 e. The summed E-state index contributed by atoms with van der Waals surface area (Å²) in [4.78, 5) is 39.4. The number of piperidine rings is 1. The van der Waals surface area contributed by atoms with Crippen molar-refractivity contribution >= 4 is 23.3 Å². The van der Waals surface area contributed by atoms with Crippen molar-refractivity contribution in [1.82, 2.24) is 4.90 Å². The van der Waals surface area contributed by atoms with E-state index in [0.29, 0.717) is 30.1 Å². The van der Waals surface area contributed by atoms with E-state index >= 15 is 0 Å². The lowest BCUT2D eigenvalue weighted by molar-refractivity contribution is -0.132. The van der Waals surface area contributed by atoms with Crippen molar-refractivity contribution in [3.63, 3.8) is 0 Å². The number of benzene rings is 1. The Kier molecular flexibility index (Phi) is 6.12. The number of amides is 2. The average Bonchev–Trinajstić information content (AvgIpc) is 2.54. The minimum absolute atomic E-state index is 0.0428. The summed E-state index contributed by atoms with van der Waals surface area (Å²) in [6.45, 7) is 7.09. The number of rotatable bonds is 5. The van der Waals surface area contributed by atoms with Gasteiger partial charge in [-0.1, -0.05) is 19.1 Å². The molecule has 0 aromatic heterocycles. The van der Waals surface area contributed by atoms with Crippen LogP contribution in [0, 0.1) is 5.92 Å². The highest BCUT2D eigenvalue weighted by atomic mass is 16.2. The Balaban J connectivity index is 2.04. The van der Waals surface area contributed by atoms with Crippen molar-refractivity contribution in [1.29, 1.82) is 0 Å². The lowest BCUT2D eigenvalue weighted by atomic mass is 10.00. The first kappa shape index (κ1) is 18.2. The first-order valence-electron chi connectivity index (χ1n) is 8.55. The highest BCUT2D eigenvalue weighted by molar-refractivity contribution is 5.97. The van der Waals surface area contributed by atoms with Gasteiger partial charge in [-0.25, -0.2) is 0 Å². The molecule has 0 bridgehead atoms. The van der Waals surface area contributed by atoms with E-state index in [0.717, 1.165) is 19.5 Å². The summed E-state index contributed by atoms with van der Waals surface area (Å²) in [5, 5.41) is 0. The Hall–Kier alpha value is -2.17. The molecule has 0 spiro atoms. The van der Waals surface area contributed by atoms with Crippen molar-refractivity contribution in [2.45, 2.75) is 40.0 Å². The number of carbonyl (C=O) groups excluding carboxylic acids is 3. The predicted molar refractivity (Wildman–Crippen MR) is 94.1 cm³/mol. The van der Waals surface area contributed by atoms with Gasteiger partial charge in [0.1, 0.15) is 0 Å². The molecule has 0 aliphatic carbocycles. The molecule has 1 saturated heterocycles. The van der Waals surface area contributed by atoms with Gasteiger partial charge < -0.3 is 9.80 Å². The molecule has 1 fully saturated rings. The lowest BCUT2D eigenvalue weighted by Crippen LogP contribution is -2.41. The molecule has 1 aliphatic rings. The quantitative estimate of drug-likeness (QED) is 0.780. The van der Waals surface area contributed by atoms with Crippen molar-refractivity contribution in [3.8, 4) is 0 Å². The number of hydrogen-bond donors (Lipinski definition) is 0. The smallest absolute Gasteiger partial charge is 0.224 e. The van der Waals surface area contributed by atoms with E-state index in [2.05, 4.69) is 6.92 Å². The SMILES string of the molecule is CC(=O)c1cccc(N(CCC(=O)N2CCCC(C)C2)C(C)=O)c1. The van der Waals surface area contributed by atoms with Crippen LogP contribution in [0.15, 0.2) is 24.3 Å². The Morgan fingerprint density at radius 2 is 2.00 bits per heavy atom. The predicted octanol–water partition coefficient (Wildman–Crippen LogP) is 2.89. The normalized spacial score (nSPS) is 17.5. The van der Waals surface area contributed by atoms with Crippen LogP contribution in [0.3, 0.4) is 0 Å². The fraction of sp³-hybridized carbons (Fsp3) is 0.526. The van der Waals surface area contributed by atoms with Crippen LogP contribution in [0.5, 0.6) is 0 Å². The van der Waals surface area contributed by atoms with Gasteiger partial charge in [0.05, 0.1) is 0 Å². The van der Waals surface area contributed by atoms with Crippen molar-refractivity contribution in [2.75, 3.05) is 24.5 Å². The van der Waals surface area contributed by atoms with E-state index < -0.39 is 0 Å².